The summed E-state index contributed by atoms with van der Waals surface area (Å²) in [5.41, 5.74) is 0. The van der Waals surface area contributed by atoms with Gasteiger partial charge in [0.05, 0.1) is 0 Å². The fourth-order valence-corrected chi connectivity index (χ4v) is 4.20. The van der Waals surface area contributed by atoms with Crippen LogP contribution in [0.1, 0.15) is 13.8 Å². The van der Waals surface area contributed by atoms with E-state index in [0.717, 1.165) is 0 Å². The summed E-state index contributed by atoms with van der Waals surface area (Å²) in [5, 5.41) is 3.87. The Hall–Kier alpha value is -1.91. The van der Waals surface area contributed by atoms with Gasteiger partial charge in [-0.05, 0) is 37.7 Å². The van der Waals surface area contributed by atoms with E-state index in [1.165, 1.54) is 15.9 Å². The van der Waals surface area contributed by atoms with Gasteiger partial charge in [0.2, 0.25) is 0 Å². The van der Waals surface area contributed by atoms with Gasteiger partial charge in [0.1, 0.15) is 0 Å². The van der Waals surface area contributed by atoms with Crippen molar-refractivity contribution in [3.63, 3.8) is 0 Å². The maximum absolute atomic E-state index is 4.00. The van der Waals surface area contributed by atoms with E-state index in [1.54, 1.807) is 0 Å². The molecule has 0 heterocycles. The molecule has 1 aromatic rings. The van der Waals surface area contributed by atoms with Crippen LogP contribution < -0.4 is 5.30 Å². The Bertz CT molecular complexity index is 571. The lowest BCUT2D eigenvalue weighted by Gasteiger charge is -2.20. The molecule has 1 aromatic carbocycles. The zero-order valence-corrected chi connectivity index (χ0v) is 13.8. The molecular weight excluding hydrogens is 271 g/mol. The van der Waals surface area contributed by atoms with Crippen molar-refractivity contribution in [2.75, 3.05) is 0 Å². The average molecular weight is 294 g/mol. The summed E-state index contributed by atoms with van der Waals surface area (Å²) in [5.74, 6) is 0. The third-order valence-electron chi connectivity index (χ3n) is 2.90. The molecule has 0 bridgehead atoms. The van der Waals surface area contributed by atoms with Crippen molar-refractivity contribution in [3.8, 4) is 0 Å². The van der Waals surface area contributed by atoms with Crippen LogP contribution in [0, 0.1) is 0 Å². The first-order valence-electron chi connectivity index (χ1n) is 7.04. The summed E-state index contributed by atoms with van der Waals surface area (Å²) in [6, 6.07) is 10.6. The highest BCUT2D eigenvalue weighted by molar-refractivity contribution is 7.74. The molecule has 108 valence electrons. The lowest BCUT2D eigenvalue weighted by Crippen LogP contribution is -2.02. The van der Waals surface area contributed by atoms with E-state index in [-0.39, 0.29) is 0 Å². The molecule has 0 spiro atoms. The fraction of sp³-hybridized carbons (Fsp3) is 0.100. The Labute approximate surface area is 130 Å². The lowest BCUT2D eigenvalue weighted by molar-refractivity contribution is 1.67. The third-order valence-corrected chi connectivity index (χ3v) is 5.48. The Morgan fingerprint density at radius 2 is 1.71 bits per heavy atom. The van der Waals surface area contributed by atoms with Crippen LogP contribution in [-0.2, 0) is 0 Å². The third kappa shape index (κ3) is 5.17. The average Bonchev–Trinajstić information content (AvgIpc) is 2.54. The van der Waals surface area contributed by atoms with Crippen molar-refractivity contribution in [1.29, 1.82) is 0 Å². The van der Waals surface area contributed by atoms with Crippen LogP contribution in [0.2, 0.25) is 0 Å². The summed E-state index contributed by atoms with van der Waals surface area (Å²) in [7, 11) is -0.588. The van der Waals surface area contributed by atoms with E-state index < -0.39 is 7.92 Å². The standard InChI is InChI=1S/C20H23P/c1-5-9-14-18(7-3)21(19(8-4)15-10-6-2)20-16-12-11-13-17-20/h5-17H,1,4H2,2-3H3/b10-6-,14-9-,18-7+,19-15+. The van der Waals surface area contributed by atoms with E-state index in [4.69, 9.17) is 0 Å². The molecule has 0 radical (unpaired) electrons. The van der Waals surface area contributed by atoms with Crippen molar-refractivity contribution in [2.24, 2.45) is 0 Å². The van der Waals surface area contributed by atoms with Crippen LogP contribution in [-0.4, -0.2) is 0 Å². The largest absolute Gasteiger partial charge is 0.0991 e. The van der Waals surface area contributed by atoms with E-state index >= 15 is 0 Å². The first-order chi connectivity index (χ1) is 10.3. The van der Waals surface area contributed by atoms with Gasteiger partial charge in [-0.1, -0.05) is 92.1 Å². The van der Waals surface area contributed by atoms with E-state index in [9.17, 15) is 0 Å². The van der Waals surface area contributed by atoms with Crippen molar-refractivity contribution in [1.82, 2.24) is 0 Å². The van der Waals surface area contributed by atoms with Gasteiger partial charge in [0.25, 0.3) is 0 Å². The molecule has 1 atom stereocenters. The Balaban J connectivity index is 3.38. The molecule has 0 fully saturated rings. The van der Waals surface area contributed by atoms with Gasteiger partial charge in [-0.25, -0.2) is 0 Å². The van der Waals surface area contributed by atoms with Crippen LogP contribution in [0.3, 0.4) is 0 Å². The summed E-state index contributed by atoms with van der Waals surface area (Å²) >= 11 is 0. The van der Waals surface area contributed by atoms with Gasteiger partial charge >= 0.3 is 0 Å². The number of allylic oxidation sites excluding steroid dienone is 10. The zero-order valence-electron chi connectivity index (χ0n) is 12.9. The molecule has 0 N–H and O–H groups in total. The van der Waals surface area contributed by atoms with E-state index in [2.05, 4.69) is 74.7 Å². The molecule has 0 aliphatic heterocycles. The second-order valence-corrected chi connectivity index (χ2v) is 6.52. The SMILES string of the molecule is C=C/C=C\C(=C/C)P(/C(C=C)=C/C=C\C)c1ccccc1. The Kier molecular flexibility index (Phi) is 8.09. The van der Waals surface area contributed by atoms with E-state index in [0.29, 0.717) is 0 Å². The predicted molar refractivity (Wildman–Crippen MR) is 99.2 cm³/mol. The minimum atomic E-state index is -0.588. The van der Waals surface area contributed by atoms with Crippen molar-refractivity contribution in [3.05, 3.63) is 103 Å². The topological polar surface area (TPSA) is 0 Å². The van der Waals surface area contributed by atoms with Gasteiger partial charge in [-0.2, -0.15) is 0 Å². The van der Waals surface area contributed by atoms with Crippen LogP contribution >= 0.6 is 7.92 Å². The molecule has 0 aromatic heterocycles. The highest BCUT2D eigenvalue weighted by Crippen LogP contribution is 2.52. The lowest BCUT2D eigenvalue weighted by atomic mass is 10.4. The van der Waals surface area contributed by atoms with Gasteiger partial charge in [0, 0.05) is 0 Å². The van der Waals surface area contributed by atoms with Crippen molar-refractivity contribution in [2.45, 2.75) is 13.8 Å². The smallest absolute Gasteiger partial charge is 0.0138 e. The normalized spacial score (nSPS) is 14.6. The Morgan fingerprint density at radius 1 is 1.00 bits per heavy atom. The molecule has 0 aliphatic rings. The Morgan fingerprint density at radius 3 is 2.24 bits per heavy atom. The van der Waals surface area contributed by atoms with Gasteiger partial charge in [-0.15, -0.1) is 0 Å². The molecule has 0 amide bonds. The van der Waals surface area contributed by atoms with Crippen molar-refractivity contribution >= 4 is 13.2 Å². The molecule has 21 heavy (non-hydrogen) atoms. The van der Waals surface area contributed by atoms with Crippen LogP contribution in [0.25, 0.3) is 0 Å². The molecule has 1 unspecified atom stereocenters. The highest BCUT2D eigenvalue weighted by atomic mass is 31.1. The number of benzene rings is 1. The highest BCUT2D eigenvalue weighted by Gasteiger charge is 2.16. The zero-order chi connectivity index (χ0) is 15.5. The second kappa shape index (κ2) is 9.91. The van der Waals surface area contributed by atoms with Gasteiger partial charge in [0.15, 0.2) is 0 Å². The maximum atomic E-state index is 4.00. The molecule has 1 rings (SSSR count). The summed E-state index contributed by atoms with van der Waals surface area (Å²) < 4.78 is 0. The van der Waals surface area contributed by atoms with Crippen LogP contribution in [0.5, 0.6) is 0 Å². The minimum Gasteiger partial charge on any atom is -0.0991 e. The maximum Gasteiger partial charge on any atom is -0.0138 e. The number of rotatable bonds is 7. The molecular formula is C20H23P. The minimum absolute atomic E-state index is 0.588. The summed E-state index contributed by atoms with van der Waals surface area (Å²) in [6.45, 7) is 11.9. The summed E-state index contributed by atoms with van der Waals surface area (Å²) in [4.78, 5) is 0. The van der Waals surface area contributed by atoms with Gasteiger partial charge < -0.3 is 0 Å². The molecule has 0 saturated carbocycles. The quantitative estimate of drug-likeness (QED) is 0.422. The first-order valence-corrected chi connectivity index (χ1v) is 8.38. The number of hydrogen-bond acceptors (Lipinski definition) is 0. The first kappa shape index (κ1) is 17.1. The monoisotopic (exact) mass is 294 g/mol. The molecule has 1 heteroatoms. The fourth-order valence-electron chi connectivity index (χ4n) is 1.92. The number of hydrogen-bond donors (Lipinski definition) is 0. The summed E-state index contributed by atoms with van der Waals surface area (Å²) in [6.07, 6.45) is 16.3. The second-order valence-electron chi connectivity index (χ2n) is 4.30. The van der Waals surface area contributed by atoms with E-state index in [1.807, 2.05) is 31.2 Å². The molecule has 0 nitrogen and oxygen atoms in total. The van der Waals surface area contributed by atoms with Crippen LogP contribution in [0.4, 0.5) is 0 Å². The van der Waals surface area contributed by atoms with Crippen molar-refractivity contribution < 1.29 is 0 Å². The van der Waals surface area contributed by atoms with Crippen LogP contribution in [0.15, 0.2) is 103 Å². The molecule has 0 saturated heterocycles. The molecule has 0 aliphatic carbocycles. The van der Waals surface area contributed by atoms with Gasteiger partial charge in [-0.3, -0.25) is 0 Å². The predicted octanol–water partition coefficient (Wildman–Crippen LogP) is 6.09.